The number of hydrogen-bond donors (Lipinski definition) is 2. The minimum atomic E-state index is -0.203. The number of benzene rings is 1. The van der Waals surface area contributed by atoms with E-state index in [-0.39, 0.29) is 35.9 Å². The molecule has 32 heavy (non-hydrogen) atoms. The molecule has 8 heteroatoms. The number of fused-ring (bicyclic) bond motifs is 1. The van der Waals surface area contributed by atoms with Crippen molar-refractivity contribution in [2.75, 3.05) is 39.4 Å². The zero-order chi connectivity index (χ0) is 21.5. The molecular weight excluding hydrogens is 522 g/mol. The number of guanidine groups is 1. The predicted molar refractivity (Wildman–Crippen MR) is 137 cm³/mol. The van der Waals surface area contributed by atoms with Crippen LogP contribution in [0.3, 0.4) is 0 Å². The smallest absolute Gasteiger partial charge is 0.193 e. The lowest BCUT2D eigenvalue weighted by Crippen LogP contribution is -2.47. The molecule has 0 radical (unpaired) electrons. The molecule has 0 aliphatic carbocycles. The number of ether oxygens (including phenoxy) is 2. The number of nitrogens with one attached hydrogen (secondary N) is 2. The minimum absolute atomic E-state index is 0. The number of aliphatic imine (C=N–C) groups is 1. The molecule has 3 heterocycles. The van der Waals surface area contributed by atoms with Crippen LogP contribution < -0.4 is 5.32 Å². The molecule has 2 fully saturated rings. The summed E-state index contributed by atoms with van der Waals surface area (Å²) in [6.45, 7) is 7.10. The Morgan fingerprint density at radius 3 is 2.88 bits per heavy atom. The summed E-state index contributed by atoms with van der Waals surface area (Å²) in [5.74, 6) is 0.757. The van der Waals surface area contributed by atoms with E-state index in [2.05, 4.69) is 22.1 Å². The van der Waals surface area contributed by atoms with E-state index >= 15 is 0 Å². The van der Waals surface area contributed by atoms with Gasteiger partial charge in [0.2, 0.25) is 0 Å². The van der Waals surface area contributed by atoms with E-state index in [0.29, 0.717) is 12.6 Å². The van der Waals surface area contributed by atoms with E-state index in [0.717, 1.165) is 81.0 Å². The maximum Gasteiger partial charge on any atom is 0.193 e. The minimum Gasteiger partial charge on any atom is -0.376 e. The third-order valence-corrected chi connectivity index (χ3v) is 6.24. The number of H-pyrrole nitrogens is 1. The summed E-state index contributed by atoms with van der Waals surface area (Å²) in [7, 11) is 0. The molecule has 178 valence electrons. The number of hydrogen-bond acceptors (Lipinski definition) is 3. The molecule has 1 aromatic carbocycles. The van der Waals surface area contributed by atoms with Gasteiger partial charge in [0.15, 0.2) is 5.96 Å². The Balaban J connectivity index is 0.00000289. The second-order valence-electron chi connectivity index (χ2n) is 8.50. The van der Waals surface area contributed by atoms with Gasteiger partial charge in [-0.05, 0) is 69.2 Å². The average Bonchev–Trinajstić information content (AvgIpc) is 3.20. The SMILES string of the molecule is CCNC(=NCCc1c[nH]c2ccc(F)cc12)N1CCC(OCC2CCCCO2)CC1.I. The van der Waals surface area contributed by atoms with Crippen molar-refractivity contribution in [1.82, 2.24) is 15.2 Å². The highest BCUT2D eigenvalue weighted by Gasteiger charge is 2.23. The molecule has 0 saturated carbocycles. The normalized spacial score (nSPS) is 20.4. The maximum atomic E-state index is 13.6. The van der Waals surface area contributed by atoms with Gasteiger partial charge in [-0.2, -0.15) is 0 Å². The first kappa shape index (κ1) is 25.2. The molecule has 2 aliphatic heterocycles. The Morgan fingerprint density at radius 1 is 1.28 bits per heavy atom. The van der Waals surface area contributed by atoms with Crippen molar-refractivity contribution < 1.29 is 13.9 Å². The Morgan fingerprint density at radius 2 is 2.12 bits per heavy atom. The molecule has 1 aromatic heterocycles. The lowest BCUT2D eigenvalue weighted by Gasteiger charge is -2.35. The van der Waals surface area contributed by atoms with Crippen LogP contribution >= 0.6 is 24.0 Å². The molecule has 0 bridgehead atoms. The van der Waals surface area contributed by atoms with Gasteiger partial charge in [0.25, 0.3) is 0 Å². The van der Waals surface area contributed by atoms with Gasteiger partial charge in [-0.3, -0.25) is 4.99 Å². The average molecular weight is 558 g/mol. The summed E-state index contributed by atoms with van der Waals surface area (Å²) in [6, 6.07) is 4.87. The standard InChI is InChI=1S/C24H35FN4O2.HI/c1-2-26-24(27-11-8-18-16-28-23-7-6-19(25)15-22(18)23)29-12-9-20(10-13-29)31-17-21-5-3-4-14-30-21;/h6-7,15-16,20-21,28H,2-5,8-14,17H2,1H3,(H,26,27);1H. The van der Waals surface area contributed by atoms with Crippen LogP contribution in [0.4, 0.5) is 4.39 Å². The van der Waals surface area contributed by atoms with Crippen LogP contribution in [0.1, 0.15) is 44.6 Å². The molecule has 1 atom stereocenters. The number of halogens is 2. The third kappa shape index (κ3) is 6.81. The van der Waals surface area contributed by atoms with Gasteiger partial charge in [0.1, 0.15) is 5.82 Å². The molecule has 4 rings (SSSR count). The van der Waals surface area contributed by atoms with Crippen LogP contribution in [0, 0.1) is 5.82 Å². The summed E-state index contributed by atoms with van der Waals surface area (Å²) in [5.41, 5.74) is 2.07. The molecule has 2 saturated heterocycles. The van der Waals surface area contributed by atoms with Crippen LogP contribution in [0.15, 0.2) is 29.4 Å². The highest BCUT2D eigenvalue weighted by atomic mass is 127. The summed E-state index contributed by atoms with van der Waals surface area (Å²) in [5, 5.41) is 4.37. The van der Waals surface area contributed by atoms with Crippen molar-refractivity contribution in [2.24, 2.45) is 4.99 Å². The largest absolute Gasteiger partial charge is 0.376 e. The number of nitrogens with zero attached hydrogens (tertiary/aromatic N) is 2. The van der Waals surface area contributed by atoms with E-state index in [1.165, 1.54) is 18.9 Å². The summed E-state index contributed by atoms with van der Waals surface area (Å²) >= 11 is 0. The number of likely N-dealkylation sites (tertiary alicyclic amines) is 1. The quantitative estimate of drug-likeness (QED) is 0.299. The van der Waals surface area contributed by atoms with E-state index in [1.54, 1.807) is 12.1 Å². The zero-order valence-corrected chi connectivity index (χ0v) is 21.3. The Bertz CT molecular complexity index is 861. The first-order valence-corrected chi connectivity index (χ1v) is 11.7. The Labute approximate surface area is 207 Å². The van der Waals surface area contributed by atoms with E-state index < -0.39 is 0 Å². The molecule has 0 spiro atoms. The van der Waals surface area contributed by atoms with Gasteiger partial charge < -0.3 is 24.7 Å². The number of aromatic amines is 1. The molecule has 2 aliphatic rings. The topological polar surface area (TPSA) is 61.9 Å². The Hall–Kier alpha value is -1.39. The van der Waals surface area contributed by atoms with E-state index in [4.69, 9.17) is 14.5 Å². The van der Waals surface area contributed by atoms with Crippen molar-refractivity contribution in [3.63, 3.8) is 0 Å². The molecule has 6 nitrogen and oxygen atoms in total. The van der Waals surface area contributed by atoms with Gasteiger partial charge >= 0.3 is 0 Å². The zero-order valence-electron chi connectivity index (χ0n) is 18.9. The highest BCUT2D eigenvalue weighted by molar-refractivity contribution is 14.0. The maximum absolute atomic E-state index is 13.6. The van der Waals surface area contributed by atoms with Gasteiger partial charge in [0, 0.05) is 49.9 Å². The second-order valence-corrected chi connectivity index (χ2v) is 8.50. The molecular formula is C24H36FIN4O2. The first-order chi connectivity index (χ1) is 15.2. The van der Waals surface area contributed by atoms with Crippen LogP contribution in [0.2, 0.25) is 0 Å². The third-order valence-electron chi connectivity index (χ3n) is 6.24. The van der Waals surface area contributed by atoms with E-state index in [9.17, 15) is 4.39 Å². The number of piperidine rings is 1. The second kappa shape index (κ2) is 12.7. The first-order valence-electron chi connectivity index (χ1n) is 11.7. The highest BCUT2D eigenvalue weighted by Crippen LogP contribution is 2.20. The van der Waals surface area contributed by atoms with E-state index in [1.807, 2.05) is 6.20 Å². The van der Waals surface area contributed by atoms with Crippen LogP contribution in [-0.4, -0.2) is 67.4 Å². The lowest BCUT2D eigenvalue weighted by molar-refractivity contribution is -0.0721. The molecule has 1 unspecified atom stereocenters. The monoisotopic (exact) mass is 558 g/mol. The van der Waals surface area contributed by atoms with Crippen molar-refractivity contribution >= 4 is 40.8 Å². The van der Waals surface area contributed by atoms with Gasteiger partial charge in [-0.15, -0.1) is 24.0 Å². The predicted octanol–water partition coefficient (Wildman–Crippen LogP) is 4.48. The van der Waals surface area contributed by atoms with Crippen molar-refractivity contribution in [1.29, 1.82) is 0 Å². The fourth-order valence-electron chi connectivity index (χ4n) is 4.48. The van der Waals surface area contributed by atoms with Gasteiger partial charge in [-0.1, -0.05) is 0 Å². The molecule has 2 N–H and O–H groups in total. The van der Waals surface area contributed by atoms with Crippen LogP contribution in [-0.2, 0) is 15.9 Å². The molecule has 0 amide bonds. The summed E-state index contributed by atoms with van der Waals surface area (Å²) in [6.07, 6.45) is 8.91. The fraction of sp³-hybridized carbons (Fsp3) is 0.625. The van der Waals surface area contributed by atoms with Gasteiger partial charge in [-0.25, -0.2) is 4.39 Å². The van der Waals surface area contributed by atoms with Crippen molar-refractivity contribution in [3.05, 3.63) is 35.8 Å². The summed E-state index contributed by atoms with van der Waals surface area (Å²) < 4.78 is 25.5. The van der Waals surface area contributed by atoms with Crippen LogP contribution in [0.25, 0.3) is 10.9 Å². The van der Waals surface area contributed by atoms with Crippen molar-refractivity contribution in [3.8, 4) is 0 Å². The number of rotatable bonds is 7. The van der Waals surface area contributed by atoms with Crippen molar-refractivity contribution in [2.45, 2.75) is 57.7 Å². The number of aromatic nitrogens is 1. The van der Waals surface area contributed by atoms with Gasteiger partial charge in [0.05, 0.1) is 18.8 Å². The van der Waals surface area contributed by atoms with Crippen LogP contribution in [0.5, 0.6) is 0 Å². The summed E-state index contributed by atoms with van der Waals surface area (Å²) in [4.78, 5) is 10.4. The Kier molecular flexibility index (Phi) is 10.1. The molecule has 2 aromatic rings. The fourth-order valence-corrected chi connectivity index (χ4v) is 4.48. The lowest BCUT2D eigenvalue weighted by atomic mass is 10.1.